The summed E-state index contributed by atoms with van der Waals surface area (Å²) in [6, 6.07) is 13.7. The van der Waals surface area contributed by atoms with E-state index in [4.69, 9.17) is 21.1 Å². The standard InChI is InChI=1S/C32H28ClF3N6O3/c1-30(26-6-5-22(33)16-39-26)43-25-4-2-3-23(27(25)44-30)19-7-11-42(12-8-19)17-24-20(14-31(18-37)9-10-31)13-21(15-38-24)28-40-29(45-41-28)32(34,35)36/h2-6,13,15-16,19H,7-12,14,17H2,1H3. The lowest BCUT2D eigenvalue weighted by molar-refractivity contribution is -0.159. The highest BCUT2D eigenvalue weighted by atomic mass is 35.5. The second-order valence-electron chi connectivity index (χ2n) is 12.1. The Bertz CT molecular complexity index is 1780. The summed E-state index contributed by atoms with van der Waals surface area (Å²) in [5.41, 5.74) is 3.18. The zero-order valence-electron chi connectivity index (χ0n) is 24.3. The zero-order chi connectivity index (χ0) is 31.4. The van der Waals surface area contributed by atoms with Crippen LogP contribution in [0.4, 0.5) is 13.2 Å². The Balaban J connectivity index is 1.06. The minimum absolute atomic E-state index is 0.185. The number of halogens is 4. The Morgan fingerprint density at radius 1 is 1.09 bits per heavy atom. The molecule has 9 nitrogen and oxygen atoms in total. The van der Waals surface area contributed by atoms with Gasteiger partial charge in [-0.2, -0.15) is 23.4 Å². The van der Waals surface area contributed by atoms with Gasteiger partial charge in [0.25, 0.3) is 5.79 Å². The summed E-state index contributed by atoms with van der Waals surface area (Å²) in [5.74, 6) is -0.987. The van der Waals surface area contributed by atoms with Crippen molar-refractivity contribution in [3.63, 3.8) is 0 Å². The fourth-order valence-corrected chi connectivity index (χ4v) is 6.20. The molecule has 13 heteroatoms. The number of hydrogen-bond donors (Lipinski definition) is 0. The summed E-state index contributed by atoms with van der Waals surface area (Å²) in [6.45, 7) is 4.00. The second-order valence-corrected chi connectivity index (χ2v) is 12.5. The van der Waals surface area contributed by atoms with Crippen LogP contribution in [0.25, 0.3) is 11.4 Å². The van der Waals surface area contributed by atoms with Crippen molar-refractivity contribution in [1.82, 2.24) is 25.0 Å². The number of likely N-dealkylation sites (tertiary alicyclic amines) is 1. The number of para-hydroxylation sites is 1. The van der Waals surface area contributed by atoms with Crippen molar-refractivity contribution < 1.29 is 27.2 Å². The lowest BCUT2D eigenvalue weighted by Gasteiger charge is -2.33. The van der Waals surface area contributed by atoms with E-state index in [1.54, 1.807) is 24.4 Å². The van der Waals surface area contributed by atoms with Gasteiger partial charge in [-0.15, -0.1) is 0 Å². The molecule has 0 N–H and O–H groups in total. The largest absolute Gasteiger partial charge is 0.471 e. The summed E-state index contributed by atoms with van der Waals surface area (Å²) >= 11 is 6.03. The number of fused-ring (bicyclic) bond motifs is 1. The molecule has 45 heavy (non-hydrogen) atoms. The Hall–Kier alpha value is -4.21. The highest BCUT2D eigenvalue weighted by Crippen LogP contribution is 2.50. The molecule has 1 aliphatic carbocycles. The third-order valence-corrected chi connectivity index (χ3v) is 9.03. The van der Waals surface area contributed by atoms with Crippen LogP contribution in [0.5, 0.6) is 11.5 Å². The van der Waals surface area contributed by atoms with Crippen LogP contribution in [0.15, 0.2) is 53.3 Å². The molecule has 3 aromatic heterocycles. The van der Waals surface area contributed by atoms with E-state index < -0.39 is 23.3 Å². The second kappa shape index (κ2) is 11.0. The van der Waals surface area contributed by atoms with Crippen molar-refractivity contribution >= 4 is 11.6 Å². The molecule has 232 valence electrons. The molecule has 1 saturated heterocycles. The highest BCUT2D eigenvalue weighted by Gasteiger charge is 2.44. The van der Waals surface area contributed by atoms with E-state index in [2.05, 4.69) is 41.7 Å². The van der Waals surface area contributed by atoms with Crippen molar-refractivity contribution in [2.45, 2.75) is 63.5 Å². The molecule has 2 fully saturated rings. The first-order chi connectivity index (χ1) is 21.5. The normalized spacial score (nSPS) is 21.1. The van der Waals surface area contributed by atoms with Crippen LogP contribution in [0.3, 0.4) is 0 Å². The van der Waals surface area contributed by atoms with E-state index in [1.165, 1.54) is 6.20 Å². The van der Waals surface area contributed by atoms with Crippen LogP contribution in [-0.4, -0.2) is 38.1 Å². The van der Waals surface area contributed by atoms with Crippen LogP contribution >= 0.6 is 11.6 Å². The monoisotopic (exact) mass is 636 g/mol. The van der Waals surface area contributed by atoms with Gasteiger partial charge in [0.05, 0.1) is 22.2 Å². The number of nitrogens with zero attached hydrogens (tertiary/aromatic N) is 6. The maximum absolute atomic E-state index is 13.0. The van der Waals surface area contributed by atoms with Crippen molar-refractivity contribution in [3.8, 4) is 29.0 Å². The van der Waals surface area contributed by atoms with Gasteiger partial charge in [0.15, 0.2) is 11.5 Å². The lowest BCUT2D eigenvalue weighted by Crippen LogP contribution is -2.34. The minimum atomic E-state index is -4.74. The van der Waals surface area contributed by atoms with Gasteiger partial charge < -0.3 is 14.0 Å². The summed E-state index contributed by atoms with van der Waals surface area (Å²) in [4.78, 5) is 14.9. The summed E-state index contributed by atoms with van der Waals surface area (Å²) < 4.78 is 56.2. The molecule has 2 aliphatic heterocycles. The van der Waals surface area contributed by atoms with Gasteiger partial charge in [0.1, 0.15) is 5.69 Å². The number of aromatic nitrogens is 4. The number of hydrogen-bond acceptors (Lipinski definition) is 9. The average molecular weight is 637 g/mol. The van der Waals surface area contributed by atoms with Crippen molar-refractivity contribution in [3.05, 3.63) is 82.2 Å². The fourth-order valence-electron chi connectivity index (χ4n) is 6.09. The molecule has 0 amide bonds. The number of alkyl halides is 3. The van der Waals surface area contributed by atoms with E-state index in [1.807, 2.05) is 19.1 Å². The van der Waals surface area contributed by atoms with Gasteiger partial charge in [-0.1, -0.05) is 28.9 Å². The molecule has 1 unspecified atom stereocenters. The third kappa shape index (κ3) is 5.82. The lowest BCUT2D eigenvalue weighted by atomic mass is 9.88. The molecule has 4 aromatic rings. The van der Waals surface area contributed by atoms with Gasteiger partial charge in [-0.3, -0.25) is 14.9 Å². The minimum Gasteiger partial charge on any atom is -0.443 e. The molecule has 3 aliphatic rings. The molecule has 0 radical (unpaired) electrons. The molecule has 0 spiro atoms. The van der Waals surface area contributed by atoms with Crippen LogP contribution in [-0.2, 0) is 24.9 Å². The van der Waals surface area contributed by atoms with Gasteiger partial charge in [0, 0.05) is 37.0 Å². The number of nitriles is 1. The van der Waals surface area contributed by atoms with E-state index in [0.717, 1.165) is 61.3 Å². The Morgan fingerprint density at radius 2 is 1.89 bits per heavy atom. The Morgan fingerprint density at radius 3 is 2.56 bits per heavy atom. The quantitative estimate of drug-likeness (QED) is 0.210. The highest BCUT2D eigenvalue weighted by molar-refractivity contribution is 6.30. The van der Waals surface area contributed by atoms with Crippen molar-refractivity contribution in [2.24, 2.45) is 5.41 Å². The third-order valence-electron chi connectivity index (χ3n) is 8.81. The maximum Gasteiger partial charge on any atom is 0.471 e. The van der Waals surface area contributed by atoms with Crippen LogP contribution in [0, 0.1) is 16.7 Å². The molecule has 1 aromatic carbocycles. The summed E-state index contributed by atoms with van der Waals surface area (Å²) in [6.07, 6.45) is 2.09. The van der Waals surface area contributed by atoms with Crippen molar-refractivity contribution in [2.75, 3.05) is 13.1 Å². The summed E-state index contributed by atoms with van der Waals surface area (Å²) in [7, 11) is 0. The van der Waals surface area contributed by atoms with E-state index in [-0.39, 0.29) is 11.7 Å². The maximum atomic E-state index is 13.0. The Kier molecular flexibility index (Phi) is 7.21. The van der Waals surface area contributed by atoms with Crippen LogP contribution in [0.1, 0.15) is 66.9 Å². The molecule has 1 atom stereocenters. The van der Waals surface area contributed by atoms with Crippen LogP contribution < -0.4 is 9.47 Å². The molecule has 7 rings (SSSR count). The SMILES string of the molecule is CC1(c2ccc(Cl)cn2)Oc2cccc(C3CCN(Cc4ncc(-c5noc(C(F)(F)F)n5)cc4CC4(C#N)CC4)CC3)c2O1. The number of pyridine rings is 2. The van der Waals surface area contributed by atoms with Gasteiger partial charge in [-0.25, -0.2) is 0 Å². The topological polar surface area (TPSA) is 110 Å². The molecular formula is C32H28ClF3N6O3. The predicted octanol–water partition coefficient (Wildman–Crippen LogP) is 7.07. The number of benzene rings is 1. The first kappa shape index (κ1) is 29.5. The Labute approximate surface area is 261 Å². The number of piperidine rings is 1. The summed E-state index contributed by atoms with van der Waals surface area (Å²) in [5, 5.41) is 13.8. The zero-order valence-corrected chi connectivity index (χ0v) is 25.0. The molecule has 0 bridgehead atoms. The molecule has 5 heterocycles. The van der Waals surface area contributed by atoms with E-state index in [0.29, 0.717) is 35.0 Å². The van der Waals surface area contributed by atoms with E-state index >= 15 is 0 Å². The number of ether oxygens (including phenoxy) is 2. The predicted molar refractivity (Wildman–Crippen MR) is 155 cm³/mol. The first-order valence-electron chi connectivity index (χ1n) is 14.7. The average Bonchev–Trinajstić information content (AvgIpc) is 3.42. The van der Waals surface area contributed by atoms with Crippen molar-refractivity contribution in [1.29, 1.82) is 5.26 Å². The van der Waals surface area contributed by atoms with E-state index in [9.17, 15) is 18.4 Å². The smallest absolute Gasteiger partial charge is 0.443 e. The van der Waals surface area contributed by atoms with Gasteiger partial charge >= 0.3 is 12.1 Å². The number of rotatable bonds is 7. The molecular weight excluding hydrogens is 609 g/mol. The molecule has 1 saturated carbocycles. The van der Waals surface area contributed by atoms with Gasteiger partial charge in [0.2, 0.25) is 5.82 Å². The van der Waals surface area contributed by atoms with Gasteiger partial charge in [-0.05, 0) is 80.9 Å². The van der Waals surface area contributed by atoms with Crippen LogP contribution in [0.2, 0.25) is 5.02 Å². The first-order valence-corrected chi connectivity index (χ1v) is 15.1. The fraction of sp³-hybridized carbons (Fsp3) is 0.406.